The summed E-state index contributed by atoms with van der Waals surface area (Å²) in [6.45, 7) is 5.76. The predicted molar refractivity (Wildman–Crippen MR) is 81.1 cm³/mol. The highest BCUT2D eigenvalue weighted by Crippen LogP contribution is 2.31. The molecule has 21 heavy (non-hydrogen) atoms. The van der Waals surface area contributed by atoms with Crippen LogP contribution in [0.25, 0.3) is 0 Å². The molecule has 0 spiro atoms. The molecule has 0 aromatic heterocycles. The second-order valence-electron chi connectivity index (χ2n) is 5.46. The molecule has 0 saturated carbocycles. The molecule has 0 heterocycles. The van der Waals surface area contributed by atoms with Crippen LogP contribution in [0.15, 0.2) is 24.3 Å². The molecule has 0 radical (unpaired) electrons. The number of carbonyl (C=O) groups is 1. The first-order valence-corrected chi connectivity index (χ1v) is 11.5. The minimum Gasteiger partial charge on any atom is -0.467 e. The zero-order valence-electron chi connectivity index (χ0n) is 12.7. The monoisotopic (exact) mass is 332 g/mol. The van der Waals surface area contributed by atoms with Crippen molar-refractivity contribution in [1.82, 2.24) is 0 Å². The maximum absolute atomic E-state index is 12.0. The van der Waals surface area contributed by atoms with Crippen molar-refractivity contribution in [2.24, 2.45) is 0 Å². The average Bonchev–Trinajstić information content (AvgIpc) is 2.33. The summed E-state index contributed by atoms with van der Waals surface area (Å²) >= 11 is 0. The molecule has 6 nitrogen and oxygen atoms in total. The average molecular weight is 332 g/mol. The molecule has 1 unspecified atom stereocenters. The van der Waals surface area contributed by atoms with Gasteiger partial charge in [-0.1, -0.05) is 18.2 Å². The molecule has 0 N–H and O–H groups in total. The lowest BCUT2D eigenvalue weighted by Crippen LogP contribution is -2.32. The van der Waals surface area contributed by atoms with Crippen molar-refractivity contribution in [3.8, 4) is 5.75 Å². The lowest BCUT2D eigenvalue weighted by atomic mass is 10.1. The van der Waals surface area contributed by atoms with E-state index < -0.39 is 30.5 Å². The Bertz CT molecular complexity index is 605. The topological polar surface area (TPSA) is 78.9 Å². The fourth-order valence-corrected chi connectivity index (χ4v) is 3.04. The van der Waals surface area contributed by atoms with Crippen molar-refractivity contribution >= 4 is 24.4 Å². The smallest absolute Gasteiger partial charge is 0.338 e. The standard InChI is InChI=1S/C13H20O6SSi/c1-17-13(14)12(19-21(3,4)5)10-8-6-7-9-11(10)18-20(2,15)16/h6-9,12H,1-5H3. The van der Waals surface area contributed by atoms with Crippen LogP contribution in [-0.4, -0.2) is 36.1 Å². The van der Waals surface area contributed by atoms with E-state index >= 15 is 0 Å². The Balaban J connectivity index is 3.28. The van der Waals surface area contributed by atoms with Gasteiger partial charge in [0.1, 0.15) is 5.75 Å². The quantitative estimate of drug-likeness (QED) is 0.451. The summed E-state index contributed by atoms with van der Waals surface area (Å²) < 4.78 is 38.2. The molecule has 0 fully saturated rings. The molecule has 118 valence electrons. The highest BCUT2D eigenvalue weighted by atomic mass is 32.2. The van der Waals surface area contributed by atoms with Crippen molar-refractivity contribution in [1.29, 1.82) is 0 Å². The normalized spacial score (nSPS) is 13.6. The van der Waals surface area contributed by atoms with Gasteiger partial charge in [-0.25, -0.2) is 4.79 Å². The first-order valence-electron chi connectivity index (χ1n) is 6.27. The summed E-state index contributed by atoms with van der Waals surface area (Å²) in [4.78, 5) is 12.0. The predicted octanol–water partition coefficient (Wildman–Crippen LogP) is 2.09. The minimum atomic E-state index is -3.71. The van der Waals surface area contributed by atoms with Crippen molar-refractivity contribution in [2.75, 3.05) is 13.4 Å². The van der Waals surface area contributed by atoms with Gasteiger partial charge in [0.2, 0.25) is 0 Å². The summed E-state index contributed by atoms with van der Waals surface area (Å²) in [5.41, 5.74) is 0.331. The van der Waals surface area contributed by atoms with E-state index in [-0.39, 0.29) is 5.75 Å². The third-order valence-electron chi connectivity index (χ3n) is 2.33. The van der Waals surface area contributed by atoms with E-state index in [4.69, 9.17) is 13.3 Å². The van der Waals surface area contributed by atoms with Crippen LogP contribution >= 0.6 is 0 Å². The van der Waals surface area contributed by atoms with Crippen molar-refractivity contribution < 1.29 is 26.6 Å². The zero-order chi connectivity index (χ0) is 16.3. The Hall–Kier alpha value is -1.38. The summed E-state index contributed by atoms with van der Waals surface area (Å²) in [7, 11) is -4.52. The molecule has 0 aliphatic carbocycles. The summed E-state index contributed by atoms with van der Waals surface area (Å²) in [6.07, 6.45) is -0.0735. The van der Waals surface area contributed by atoms with Gasteiger partial charge in [-0.05, 0) is 25.7 Å². The minimum absolute atomic E-state index is 0.0636. The number of benzene rings is 1. The molecule has 1 rings (SSSR count). The van der Waals surface area contributed by atoms with Crippen LogP contribution in [0.2, 0.25) is 19.6 Å². The van der Waals surface area contributed by atoms with Crippen LogP contribution in [-0.2, 0) is 24.1 Å². The Kier molecular flexibility index (Phi) is 5.54. The highest BCUT2D eigenvalue weighted by molar-refractivity contribution is 7.86. The van der Waals surface area contributed by atoms with Gasteiger partial charge in [0.05, 0.1) is 13.4 Å². The first-order chi connectivity index (χ1) is 9.53. The maximum Gasteiger partial charge on any atom is 0.338 e. The van der Waals surface area contributed by atoms with Crippen molar-refractivity contribution in [3.63, 3.8) is 0 Å². The highest BCUT2D eigenvalue weighted by Gasteiger charge is 2.31. The molecular weight excluding hydrogens is 312 g/mol. The van der Waals surface area contributed by atoms with E-state index in [1.54, 1.807) is 18.2 Å². The van der Waals surface area contributed by atoms with Gasteiger partial charge in [-0.15, -0.1) is 0 Å². The zero-order valence-corrected chi connectivity index (χ0v) is 14.6. The van der Waals surface area contributed by atoms with Crippen LogP contribution in [0, 0.1) is 0 Å². The fourth-order valence-electron chi connectivity index (χ4n) is 1.64. The van der Waals surface area contributed by atoms with Gasteiger partial charge in [-0.2, -0.15) is 8.42 Å². The number of methoxy groups -OCH3 is 1. The largest absolute Gasteiger partial charge is 0.467 e. The van der Waals surface area contributed by atoms with E-state index in [1.165, 1.54) is 13.2 Å². The number of rotatable bonds is 6. The van der Waals surface area contributed by atoms with Gasteiger partial charge in [0, 0.05) is 5.56 Å². The molecule has 0 amide bonds. The number of hydrogen-bond acceptors (Lipinski definition) is 6. The van der Waals surface area contributed by atoms with E-state index in [0.29, 0.717) is 5.56 Å². The van der Waals surface area contributed by atoms with Gasteiger partial charge in [0.25, 0.3) is 0 Å². The third-order valence-corrected chi connectivity index (χ3v) is 3.75. The van der Waals surface area contributed by atoms with Crippen LogP contribution in [0.1, 0.15) is 11.7 Å². The van der Waals surface area contributed by atoms with Gasteiger partial charge < -0.3 is 13.3 Å². The third kappa shape index (κ3) is 5.86. The van der Waals surface area contributed by atoms with Crippen LogP contribution in [0.4, 0.5) is 0 Å². The van der Waals surface area contributed by atoms with Gasteiger partial charge in [-0.3, -0.25) is 0 Å². The Morgan fingerprint density at radius 3 is 2.24 bits per heavy atom. The van der Waals surface area contributed by atoms with E-state index in [2.05, 4.69) is 0 Å². The number of ether oxygens (including phenoxy) is 1. The SMILES string of the molecule is COC(=O)C(O[Si](C)(C)C)c1ccccc1OS(C)(=O)=O. The molecule has 0 saturated heterocycles. The number of hydrogen-bond donors (Lipinski definition) is 0. The van der Waals surface area contributed by atoms with E-state index in [9.17, 15) is 13.2 Å². The fraction of sp³-hybridized carbons (Fsp3) is 0.462. The van der Waals surface area contributed by atoms with Gasteiger partial charge >= 0.3 is 16.1 Å². The number of para-hydroxylation sites is 1. The maximum atomic E-state index is 12.0. The Morgan fingerprint density at radius 2 is 1.76 bits per heavy atom. The molecule has 0 aliphatic rings. The summed E-state index contributed by atoms with van der Waals surface area (Å²) in [6, 6.07) is 6.35. The van der Waals surface area contributed by atoms with Crippen molar-refractivity contribution in [2.45, 2.75) is 25.7 Å². The molecule has 1 aromatic carbocycles. The molecular formula is C13H20O6SSi. The van der Waals surface area contributed by atoms with Gasteiger partial charge in [0.15, 0.2) is 14.4 Å². The van der Waals surface area contributed by atoms with Crippen LogP contribution in [0.3, 0.4) is 0 Å². The Morgan fingerprint density at radius 1 is 1.19 bits per heavy atom. The molecule has 1 atom stereocenters. The molecule has 8 heteroatoms. The lowest BCUT2D eigenvalue weighted by molar-refractivity contribution is -0.149. The second-order valence-corrected chi connectivity index (χ2v) is 11.5. The number of esters is 1. The van der Waals surface area contributed by atoms with Crippen LogP contribution in [0.5, 0.6) is 5.75 Å². The van der Waals surface area contributed by atoms with E-state index in [1.807, 2.05) is 19.6 Å². The summed E-state index contributed by atoms with van der Waals surface area (Å²) in [5, 5.41) is 0. The summed E-state index contributed by atoms with van der Waals surface area (Å²) in [5.74, 6) is -0.532. The van der Waals surface area contributed by atoms with E-state index in [0.717, 1.165) is 6.26 Å². The second kappa shape index (κ2) is 6.59. The first kappa shape index (κ1) is 17.7. The molecule has 1 aromatic rings. The molecule has 0 bridgehead atoms. The molecule has 0 aliphatic heterocycles. The van der Waals surface area contributed by atoms with Crippen LogP contribution < -0.4 is 4.18 Å². The lowest BCUT2D eigenvalue weighted by Gasteiger charge is -2.25. The van der Waals surface area contributed by atoms with Crippen molar-refractivity contribution in [3.05, 3.63) is 29.8 Å². The Labute approximate surface area is 126 Å². The number of carbonyl (C=O) groups excluding carboxylic acids is 1.